The van der Waals surface area contributed by atoms with Crippen LogP contribution in [0.1, 0.15) is 116 Å². The molecule has 0 bridgehead atoms. The number of aromatic nitrogens is 24. The number of aliphatic hydroxyl groups excluding tert-OH is 3. The van der Waals surface area contributed by atoms with E-state index in [-0.39, 0.29) is 188 Å². The first-order chi connectivity index (χ1) is 67.5. The Kier molecular flexibility index (Phi) is 35.3. The fourth-order valence-electron chi connectivity index (χ4n) is 16.0. The van der Waals surface area contributed by atoms with Gasteiger partial charge in [-0.15, -0.1) is 0 Å². The number of ether oxygens (including phenoxy) is 4. The minimum atomic E-state index is -2.62. The van der Waals surface area contributed by atoms with E-state index in [9.17, 15) is 75.9 Å². The lowest BCUT2D eigenvalue weighted by Crippen LogP contribution is -2.24. The summed E-state index contributed by atoms with van der Waals surface area (Å²) >= 11 is 4.87. The highest BCUT2D eigenvalue weighted by Crippen LogP contribution is 2.48. The van der Waals surface area contributed by atoms with Crippen LogP contribution in [0.3, 0.4) is 0 Å². The molecular formula is C84H111BrIN30O23P5. The first-order valence-corrected chi connectivity index (χ1v) is 62.1. The van der Waals surface area contributed by atoms with Gasteiger partial charge in [0.15, 0.2) is 90.1 Å². The molecule has 12 aromatic heterocycles. The molecule has 60 heteroatoms. The van der Waals surface area contributed by atoms with Crippen molar-refractivity contribution >= 4 is 195 Å². The highest BCUT2D eigenvalue weighted by molar-refractivity contribution is 14.2. The van der Waals surface area contributed by atoms with E-state index < -0.39 is 94.9 Å². The summed E-state index contributed by atoms with van der Waals surface area (Å²) in [5.74, 6) is 0.131. The SMILES string of the molecule is BrI.C=C1C(OCP(C)(C)=O)=C(C)C[C@@H]1n1cnc2c(=O)[nH]c(N)nc21.C=C1C(OCP(C)(C)=O)=C(C)C[C@@H]1n1cnc2c(=O)[nH]c(N)nc21.CC1=C(OCP(C)(C)=O)C(=O)[C@@H](n2cnc3c(=O)[nH]c(N)nc32)C1.CCC1=C(OCP(C)(C)=O)C(=O)[C@@H](n2cnc3c(=O)[nH]c(N)nc32)C1.CCOP(C)(=O)CO.Nc1nc2c(ncn2[C@H]2CC=CC2=O)c(=O)[nH]1.Nc1nc2c(ncn2[C@H]2C[C@H](O)[C@@H](CO)C2=O)c(=O)[nH]1. The molecule has 1 unspecified atom stereocenters. The fourth-order valence-corrected chi connectivity index (χ4v) is 18.3. The van der Waals surface area contributed by atoms with Gasteiger partial charge < -0.3 is 119 Å². The zero-order valence-electron chi connectivity index (χ0n) is 80.6. The molecule has 21 N–H and O–H groups in total. The van der Waals surface area contributed by atoms with E-state index in [0.717, 1.165) is 33.4 Å². The third-order valence-electron chi connectivity index (χ3n) is 22.5. The molecule has 1 saturated carbocycles. The van der Waals surface area contributed by atoms with Crippen LogP contribution in [0, 0.1) is 5.92 Å². The smallest absolute Gasteiger partial charge is 0.280 e. The molecule has 6 aliphatic carbocycles. The van der Waals surface area contributed by atoms with Gasteiger partial charge in [-0.3, -0.25) is 82.4 Å². The third-order valence-corrected chi connectivity index (χ3v) is 26.9. The summed E-state index contributed by atoms with van der Waals surface area (Å²) in [5.41, 5.74) is 38.9. The van der Waals surface area contributed by atoms with Crippen LogP contribution >= 0.6 is 69.0 Å². The van der Waals surface area contributed by atoms with E-state index in [4.69, 9.17) is 63.6 Å². The second-order valence-electron chi connectivity index (χ2n) is 36.0. The van der Waals surface area contributed by atoms with E-state index in [0.29, 0.717) is 73.6 Å². The van der Waals surface area contributed by atoms with Gasteiger partial charge in [0.2, 0.25) is 54.6 Å². The van der Waals surface area contributed by atoms with Crippen molar-refractivity contribution in [3.63, 3.8) is 0 Å². The normalized spacial score (nSPS) is 19.5. The average Bonchev–Trinajstić information content (AvgIpc) is 1.65. The van der Waals surface area contributed by atoms with Crippen molar-refractivity contribution in [3.8, 4) is 0 Å². The number of carbonyl (C=O) groups is 4. The maximum absolute atomic E-state index is 12.8. The number of nitrogen functional groups attached to an aromatic ring is 6. The Hall–Kier alpha value is -12.8. The van der Waals surface area contributed by atoms with E-state index >= 15 is 0 Å². The Labute approximate surface area is 836 Å². The molecule has 0 amide bonds. The number of nitrogens with one attached hydrogen (secondary N) is 6. The molecule has 0 saturated heterocycles. The number of hydrogen-bond acceptors (Lipinski definition) is 41. The Morgan fingerprint density at radius 3 is 0.958 bits per heavy atom. The van der Waals surface area contributed by atoms with Crippen molar-refractivity contribution < 1.29 is 80.8 Å². The van der Waals surface area contributed by atoms with Gasteiger partial charge in [0, 0.05) is 57.4 Å². The first-order valence-electron chi connectivity index (χ1n) is 43.8. The largest absolute Gasteiger partial charge is 0.486 e. The molecule has 6 aliphatic rings. The van der Waals surface area contributed by atoms with Crippen LogP contribution < -0.4 is 67.8 Å². The molecule has 1 fully saturated rings. The number of hydrogen-bond donors (Lipinski definition) is 15. The van der Waals surface area contributed by atoms with Gasteiger partial charge in [-0.2, -0.15) is 29.9 Å². The maximum Gasteiger partial charge on any atom is 0.280 e. The van der Waals surface area contributed by atoms with Crippen molar-refractivity contribution in [1.82, 2.24) is 117 Å². The number of aliphatic hydroxyl groups is 3. The molecule has 18 rings (SSSR count). The topological polar surface area (TPSA) is 798 Å². The lowest BCUT2D eigenvalue weighted by atomic mass is 10.1. The zero-order chi connectivity index (χ0) is 106. The van der Waals surface area contributed by atoms with Gasteiger partial charge >= 0.3 is 0 Å². The van der Waals surface area contributed by atoms with Crippen molar-refractivity contribution in [3.05, 3.63) is 182 Å². The van der Waals surface area contributed by atoms with Gasteiger partial charge in [0.1, 0.15) is 90.0 Å². The van der Waals surface area contributed by atoms with Gasteiger partial charge in [0.05, 0.1) is 81.3 Å². The fraction of sp³-hybridized carbons (Fsp3) is 0.429. The molecule has 0 aromatic carbocycles. The summed E-state index contributed by atoms with van der Waals surface area (Å²) in [4.78, 5) is 183. The summed E-state index contributed by atoms with van der Waals surface area (Å²) in [6, 6.07) is -2.60. The zero-order valence-corrected chi connectivity index (χ0v) is 88.8. The number of nitrogens with two attached hydrogens (primary N) is 6. The molecule has 0 aliphatic heterocycles. The van der Waals surface area contributed by atoms with Crippen LogP contribution in [-0.4, -0.2) is 267 Å². The predicted octanol–water partition coefficient (Wildman–Crippen LogP) is 7.28. The lowest BCUT2D eigenvalue weighted by molar-refractivity contribution is -0.125. The molecule has 53 nitrogen and oxygen atoms in total. The molecule has 12 heterocycles. The van der Waals surface area contributed by atoms with Crippen LogP contribution in [0.2, 0.25) is 0 Å². The Morgan fingerprint density at radius 2 is 0.688 bits per heavy atom. The molecule has 9 atom stereocenters. The lowest BCUT2D eigenvalue weighted by Gasteiger charge is -2.17. The van der Waals surface area contributed by atoms with Gasteiger partial charge in [-0.1, -0.05) is 26.2 Å². The van der Waals surface area contributed by atoms with E-state index in [1.165, 1.54) is 47.2 Å². The number of anilines is 6. The second kappa shape index (κ2) is 45.6. The van der Waals surface area contributed by atoms with Crippen LogP contribution in [0.5, 0.6) is 0 Å². The van der Waals surface area contributed by atoms with Gasteiger partial charge in [-0.25, -0.2) is 29.9 Å². The minimum absolute atomic E-state index is 0.00761. The summed E-state index contributed by atoms with van der Waals surface area (Å²) in [5, 5.41) is 27.2. The van der Waals surface area contributed by atoms with E-state index in [1.807, 2.05) is 41.1 Å². The van der Waals surface area contributed by atoms with E-state index in [1.54, 1.807) is 104 Å². The number of ketones is 4. The van der Waals surface area contributed by atoms with Gasteiger partial charge in [0.25, 0.3) is 33.4 Å². The summed E-state index contributed by atoms with van der Waals surface area (Å²) < 4.78 is 95.1. The number of H-pyrrole nitrogens is 6. The maximum atomic E-state index is 12.8. The second-order valence-corrected chi connectivity index (χ2v) is 52.1. The molecule has 0 radical (unpaired) electrons. The first kappa shape index (κ1) is 112. The highest BCUT2D eigenvalue weighted by Gasteiger charge is 2.44. The van der Waals surface area contributed by atoms with E-state index in [2.05, 4.69) is 120 Å². The third kappa shape index (κ3) is 25.9. The van der Waals surface area contributed by atoms with Crippen molar-refractivity contribution in [1.29, 1.82) is 0 Å². The highest BCUT2D eigenvalue weighted by atomic mass is 127. The Morgan fingerprint density at radius 1 is 0.417 bits per heavy atom. The summed E-state index contributed by atoms with van der Waals surface area (Å²) in [6.07, 6.45) is 14.6. The molecule has 144 heavy (non-hydrogen) atoms. The minimum Gasteiger partial charge on any atom is -0.486 e. The number of rotatable bonds is 23. The number of nitrogens with zero attached hydrogens (tertiary/aromatic N) is 18. The molecule has 774 valence electrons. The van der Waals surface area contributed by atoms with Crippen LogP contribution in [-0.2, 0) is 65.5 Å². The average molecular weight is 2270 g/mol. The molecule has 12 aromatic rings. The summed E-state index contributed by atoms with van der Waals surface area (Å²) in [7, 11) is -12.0. The number of halogens is 2. The van der Waals surface area contributed by atoms with Crippen LogP contribution in [0.25, 0.3) is 67.0 Å². The number of allylic oxidation sites excluding steroid dienone is 10. The van der Waals surface area contributed by atoms with Crippen molar-refractivity contribution in [2.24, 2.45) is 5.92 Å². The number of carbonyl (C=O) groups excluding carboxylic acids is 4. The Balaban J connectivity index is 0.000000162. The monoisotopic (exact) mass is 2270 g/mol. The number of aromatic amines is 6. The van der Waals surface area contributed by atoms with Crippen molar-refractivity contribution in [2.45, 2.75) is 122 Å². The number of fused-ring (bicyclic) bond motifs is 6. The predicted molar refractivity (Wildman–Crippen MR) is 554 cm³/mol. The van der Waals surface area contributed by atoms with Crippen LogP contribution in [0.4, 0.5) is 35.7 Å². The Bertz CT molecular complexity index is 7510. The quantitative estimate of drug-likeness (QED) is 0.0221. The number of Topliss-reactive ketones (excluding diaryl/α,β-unsaturated/α-hetero) is 3. The standard InChI is InChI=1S/C15H20N5O4P.2C15H20N5O3P.C14H18N5O4P.C11H13N5O4.C10H9N5O2.C4H11O3P.BrI/c1-4-8-5-9(11(21)12(8)24-7-25(2,3)23)20-6-17-10-13(20)18-15(16)19-14(10)22;2*1-8-5-10(9(2)12(8)23-7-24(3,4)22)20-6-17-11-13(20)18-15(16)19-14(11)21;1-7-4-8(10(20)11(7)23-6-24(2,3)22)19-5-16-9-12(19)17-14(15)18-13(9)21;12-11-14-9-7(10(20)15-11)13-3-16(9)5-1-6(18)4(2-17)8(5)19;11-10-13-8-7(9(17)14-10)12-4-15(8)5-2-1-3-6(5)16;1-3-7-8(2,6)4-5;1-2/h6,9H,4-5,7H2,1-3H3,(H3,16,18,19,22);2*6,10H,2,5,7H2,1,3-4H3,(H3,16,18,19,21);5,8H,4,6H2,1-3H3,(H3,15,17,18,21);3-6,17-18H,1-2H2,(H3,12,14,15,20);1,3-5H,2H2,(H3,11,13,14,17);5H,3-4H2,1-2H3;/t9-;2*10-;8-;4-,5+,6+;5-;;/m000010../s1. The van der Waals surface area contributed by atoms with Crippen LogP contribution in [0.15, 0.2) is 149 Å². The number of imidazole rings is 6. The summed E-state index contributed by atoms with van der Waals surface area (Å²) in [6.45, 7) is 32.1. The molecular weight excluding hydrogens is 2160 g/mol. The molecule has 0 spiro atoms. The van der Waals surface area contributed by atoms with Gasteiger partial charge in [-0.05, 0) is 148 Å². The van der Waals surface area contributed by atoms with Crippen molar-refractivity contribution in [2.75, 3.05) is 139 Å².